The summed E-state index contributed by atoms with van der Waals surface area (Å²) in [7, 11) is 0. The van der Waals surface area contributed by atoms with Gasteiger partial charge in [-0.05, 0) is 43.4 Å². The Morgan fingerprint density at radius 3 is 1.88 bits per heavy atom. The predicted octanol–water partition coefficient (Wildman–Crippen LogP) is 5.03. The van der Waals surface area contributed by atoms with Crippen LogP contribution in [0.25, 0.3) is 0 Å². The molecule has 0 fully saturated rings. The van der Waals surface area contributed by atoms with Crippen LogP contribution in [0.4, 0.5) is 13.2 Å². The molecule has 0 aliphatic heterocycles. The van der Waals surface area contributed by atoms with E-state index < -0.39 is 23.6 Å². The van der Waals surface area contributed by atoms with Crippen molar-refractivity contribution in [1.82, 2.24) is 0 Å². The number of benzene rings is 1. The van der Waals surface area contributed by atoms with E-state index in [2.05, 4.69) is 6.92 Å². The van der Waals surface area contributed by atoms with Crippen LogP contribution in [-0.2, 0) is 12.6 Å². The summed E-state index contributed by atoms with van der Waals surface area (Å²) in [5.41, 5.74) is 0.0815. The molecule has 1 atom stereocenters. The second-order valence-electron chi connectivity index (χ2n) is 7.03. The zero-order chi connectivity index (χ0) is 19.6. The van der Waals surface area contributed by atoms with E-state index in [-0.39, 0.29) is 0 Å². The fraction of sp³-hybridized carbons (Fsp3) is 0.700. The van der Waals surface area contributed by atoms with Crippen molar-refractivity contribution in [2.45, 2.75) is 83.3 Å². The molecule has 0 heterocycles. The van der Waals surface area contributed by atoms with Gasteiger partial charge in [-0.15, -0.1) is 0 Å². The molecule has 0 saturated carbocycles. The summed E-state index contributed by atoms with van der Waals surface area (Å²) < 4.78 is 37.6. The van der Waals surface area contributed by atoms with E-state index in [0.717, 1.165) is 43.4 Å². The summed E-state index contributed by atoms with van der Waals surface area (Å²) >= 11 is 0. The van der Waals surface area contributed by atoms with Crippen LogP contribution < -0.4 is 0 Å². The average Bonchev–Trinajstić information content (AvgIpc) is 2.55. The number of hydrogen-bond acceptors (Lipinski definition) is 3. The highest BCUT2D eigenvalue weighted by molar-refractivity contribution is 5.24. The molecule has 1 aromatic rings. The van der Waals surface area contributed by atoms with Gasteiger partial charge in [0.25, 0.3) is 5.97 Å². The Morgan fingerprint density at radius 1 is 0.808 bits per heavy atom. The number of halogens is 3. The maximum atomic E-state index is 12.5. The molecule has 0 spiro atoms. The molecule has 1 unspecified atom stereocenters. The summed E-state index contributed by atoms with van der Waals surface area (Å²) in [5.74, 6) is -3.35. The fourth-order valence-corrected chi connectivity index (χ4v) is 3.12. The standard InChI is InChI=1S/C20H31F3O3/c1-2-3-4-5-6-7-10-18(20(24,25)26)11-8-9-16-12-14-17(15-13-16)19(21,22)23/h12-15,18,24-26H,2-11H2,1H3. The molecule has 0 radical (unpaired) electrons. The smallest absolute Gasteiger partial charge is 0.343 e. The van der Waals surface area contributed by atoms with Gasteiger partial charge in [-0.1, -0.05) is 57.6 Å². The molecule has 0 aliphatic carbocycles. The van der Waals surface area contributed by atoms with Crippen molar-refractivity contribution in [2.75, 3.05) is 0 Å². The molecule has 0 amide bonds. The number of hydrogen-bond donors (Lipinski definition) is 3. The molecule has 1 aromatic carbocycles. The van der Waals surface area contributed by atoms with Gasteiger partial charge in [-0.3, -0.25) is 0 Å². The highest BCUT2D eigenvalue weighted by Crippen LogP contribution is 2.30. The second-order valence-corrected chi connectivity index (χ2v) is 7.03. The number of rotatable bonds is 12. The largest absolute Gasteiger partial charge is 0.416 e. The van der Waals surface area contributed by atoms with Gasteiger partial charge in [-0.25, -0.2) is 0 Å². The monoisotopic (exact) mass is 376 g/mol. The molecule has 3 nitrogen and oxygen atoms in total. The normalized spacial score (nSPS) is 13.8. The first-order valence-electron chi connectivity index (χ1n) is 9.47. The highest BCUT2D eigenvalue weighted by Gasteiger charge is 2.31. The van der Waals surface area contributed by atoms with Crippen molar-refractivity contribution >= 4 is 0 Å². The van der Waals surface area contributed by atoms with E-state index in [1.54, 1.807) is 0 Å². The van der Waals surface area contributed by atoms with Crippen molar-refractivity contribution < 1.29 is 28.5 Å². The van der Waals surface area contributed by atoms with Crippen LogP contribution >= 0.6 is 0 Å². The lowest BCUT2D eigenvalue weighted by atomic mass is 9.91. The van der Waals surface area contributed by atoms with Gasteiger partial charge in [0.15, 0.2) is 0 Å². The molecular formula is C20H31F3O3. The topological polar surface area (TPSA) is 60.7 Å². The second kappa shape index (κ2) is 10.9. The lowest BCUT2D eigenvalue weighted by Gasteiger charge is -2.26. The van der Waals surface area contributed by atoms with Gasteiger partial charge in [0.05, 0.1) is 5.56 Å². The van der Waals surface area contributed by atoms with Gasteiger partial charge in [0.1, 0.15) is 0 Å². The average molecular weight is 376 g/mol. The Morgan fingerprint density at radius 2 is 1.35 bits per heavy atom. The maximum Gasteiger partial charge on any atom is 0.416 e. The first-order valence-corrected chi connectivity index (χ1v) is 9.47. The van der Waals surface area contributed by atoms with Gasteiger partial charge < -0.3 is 15.3 Å². The van der Waals surface area contributed by atoms with Crippen molar-refractivity contribution in [3.05, 3.63) is 35.4 Å². The SMILES string of the molecule is CCCCCCCCC(CCCc1ccc(C(F)(F)F)cc1)C(O)(O)O. The minimum Gasteiger partial charge on any atom is -0.343 e. The van der Waals surface area contributed by atoms with Crippen molar-refractivity contribution in [1.29, 1.82) is 0 Å². The van der Waals surface area contributed by atoms with Crippen molar-refractivity contribution in [3.63, 3.8) is 0 Å². The molecule has 0 aromatic heterocycles. The first-order chi connectivity index (χ1) is 12.1. The van der Waals surface area contributed by atoms with Crippen LogP contribution in [0.5, 0.6) is 0 Å². The zero-order valence-corrected chi connectivity index (χ0v) is 15.4. The summed E-state index contributed by atoms with van der Waals surface area (Å²) in [6, 6.07) is 4.99. The molecule has 6 heteroatoms. The van der Waals surface area contributed by atoms with Gasteiger partial charge in [0, 0.05) is 5.92 Å². The Hall–Kier alpha value is -1.11. The maximum absolute atomic E-state index is 12.5. The summed E-state index contributed by atoms with van der Waals surface area (Å²) in [6.07, 6.45) is 4.10. The third-order valence-corrected chi connectivity index (χ3v) is 4.75. The van der Waals surface area contributed by atoms with Crippen molar-refractivity contribution in [3.8, 4) is 0 Å². The van der Waals surface area contributed by atoms with Crippen LogP contribution in [0, 0.1) is 5.92 Å². The summed E-state index contributed by atoms with van der Waals surface area (Å²) in [4.78, 5) is 0. The van der Waals surface area contributed by atoms with Crippen LogP contribution in [0.3, 0.4) is 0 Å². The Kier molecular flexibility index (Phi) is 9.61. The molecule has 26 heavy (non-hydrogen) atoms. The number of aliphatic hydroxyl groups is 3. The molecule has 150 valence electrons. The van der Waals surface area contributed by atoms with Crippen LogP contribution in [0.1, 0.15) is 75.8 Å². The highest BCUT2D eigenvalue weighted by atomic mass is 19.4. The molecule has 0 bridgehead atoms. The Bertz CT molecular complexity index is 493. The van der Waals surface area contributed by atoms with Gasteiger partial charge in [0.2, 0.25) is 0 Å². The minimum atomic E-state index is -4.34. The third-order valence-electron chi connectivity index (χ3n) is 4.75. The number of aryl methyl sites for hydroxylation is 1. The molecule has 3 N–H and O–H groups in total. The van der Waals surface area contributed by atoms with E-state index in [1.165, 1.54) is 25.0 Å². The van der Waals surface area contributed by atoms with E-state index in [4.69, 9.17) is 0 Å². The van der Waals surface area contributed by atoms with E-state index in [0.29, 0.717) is 25.7 Å². The quantitative estimate of drug-likeness (QED) is 0.354. The third kappa shape index (κ3) is 9.01. The molecule has 1 rings (SSSR count). The number of unbranched alkanes of at least 4 members (excludes halogenated alkanes) is 5. The van der Waals surface area contributed by atoms with E-state index >= 15 is 0 Å². The minimum absolute atomic E-state index is 0.402. The zero-order valence-electron chi connectivity index (χ0n) is 15.4. The van der Waals surface area contributed by atoms with Gasteiger partial charge in [-0.2, -0.15) is 13.2 Å². The van der Waals surface area contributed by atoms with Crippen LogP contribution in [0.2, 0.25) is 0 Å². The lowest BCUT2D eigenvalue weighted by Crippen LogP contribution is -2.37. The lowest BCUT2D eigenvalue weighted by molar-refractivity contribution is -0.344. The molecular weight excluding hydrogens is 345 g/mol. The van der Waals surface area contributed by atoms with E-state index in [9.17, 15) is 28.5 Å². The fourth-order valence-electron chi connectivity index (χ4n) is 3.12. The molecule has 0 aliphatic rings. The van der Waals surface area contributed by atoms with Crippen molar-refractivity contribution in [2.24, 2.45) is 5.92 Å². The molecule has 0 saturated heterocycles. The summed E-state index contributed by atoms with van der Waals surface area (Å²) in [6.45, 7) is 2.14. The van der Waals surface area contributed by atoms with E-state index in [1.807, 2.05) is 0 Å². The predicted molar refractivity (Wildman–Crippen MR) is 95.3 cm³/mol. The Balaban J connectivity index is 2.39. The first kappa shape index (κ1) is 22.9. The van der Waals surface area contributed by atoms with Crippen LogP contribution in [-0.4, -0.2) is 21.3 Å². The Labute approximate surface area is 153 Å². The van der Waals surface area contributed by atoms with Crippen LogP contribution in [0.15, 0.2) is 24.3 Å². The number of alkyl halides is 3. The summed E-state index contributed by atoms with van der Waals surface area (Å²) in [5, 5.41) is 28.6. The van der Waals surface area contributed by atoms with Gasteiger partial charge >= 0.3 is 6.18 Å².